The molecule has 1 aromatic carbocycles. The fraction of sp³-hybridized carbons (Fsp3) is 0.312. The normalized spacial score (nSPS) is 10.9. The molecule has 0 saturated heterocycles. The van der Waals surface area contributed by atoms with Gasteiger partial charge < -0.3 is 5.32 Å². The highest BCUT2D eigenvalue weighted by atomic mass is 35.5. The largest absolute Gasteiger partial charge is 0.355 e. The molecule has 0 unspecified atom stereocenters. The molecule has 0 aliphatic heterocycles. The fourth-order valence-electron chi connectivity index (χ4n) is 2.10. The molecule has 6 heteroatoms. The molecule has 1 N–H and O–H groups in total. The van der Waals surface area contributed by atoms with Gasteiger partial charge in [0, 0.05) is 18.0 Å². The zero-order valence-corrected chi connectivity index (χ0v) is 14.6. The van der Waals surface area contributed by atoms with Crippen LogP contribution >= 0.6 is 34.5 Å². The molecule has 2 aromatic rings. The zero-order valence-electron chi connectivity index (χ0n) is 12.3. The number of likely N-dealkylation sites (N-methyl/N-ethyl adjacent to an activating group) is 1. The van der Waals surface area contributed by atoms with Gasteiger partial charge in [-0.3, -0.25) is 9.69 Å². The number of hydrogen-bond acceptors (Lipinski definition) is 3. The van der Waals surface area contributed by atoms with Gasteiger partial charge in [0.25, 0.3) is 0 Å². The third-order valence-electron chi connectivity index (χ3n) is 3.16. The predicted molar refractivity (Wildman–Crippen MR) is 93.8 cm³/mol. The number of rotatable bonds is 7. The van der Waals surface area contributed by atoms with Gasteiger partial charge in [0.2, 0.25) is 5.91 Å². The number of halogens is 2. The number of carbonyl (C=O) groups is 1. The highest BCUT2D eigenvalue weighted by molar-refractivity contribution is 7.09. The lowest BCUT2D eigenvalue weighted by molar-refractivity contribution is -0.122. The second kappa shape index (κ2) is 8.53. The number of benzene rings is 1. The van der Waals surface area contributed by atoms with E-state index in [1.165, 1.54) is 4.88 Å². The van der Waals surface area contributed by atoms with Crippen molar-refractivity contribution in [2.45, 2.75) is 13.0 Å². The van der Waals surface area contributed by atoms with Crippen LogP contribution in [0.25, 0.3) is 0 Å². The Morgan fingerprint density at radius 1 is 1.27 bits per heavy atom. The Labute approximate surface area is 144 Å². The Balaban J connectivity index is 1.75. The number of carbonyl (C=O) groups excluding carboxylic acids is 1. The second-order valence-corrected chi connectivity index (χ2v) is 6.88. The van der Waals surface area contributed by atoms with E-state index in [2.05, 4.69) is 11.4 Å². The van der Waals surface area contributed by atoms with Gasteiger partial charge in [-0.15, -0.1) is 11.3 Å². The van der Waals surface area contributed by atoms with Gasteiger partial charge in [-0.25, -0.2) is 0 Å². The lowest BCUT2D eigenvalue weighted by atomic mass is 10.2. The highest BCUT2D eigenvalue weighted by Crippen LogP contribution is 2.26. The van der Waals surface area contributed by atoms with E-state index in [1.807, 2.05) is 35.5 Å². The van der Waals surface area contributed by atoms with Crippen molar-refractivity contribution in [2.24, 2.45) is 0 Å². The number of amides is 1. The first-order valence-electron chi connectivity index (χ1n) is 6.97. The van der Waals surface area contributed by atoms with Crippen molar-refractivity contribution in [1.82, 2.24) is 10.2 Å². The summed E-state index contributed by atoms with van der Waals surface area (Å²) < 4.78 is 0. The summed E-state index contributed by atoms with van der Waals surface area (Å²) in [5.74, 6) is 0.0113. The quantitative estimate of drug-likeness (QED) is 0.817. The van der Waals surface area contributed by atoms with Crippen molar-refractivity contribution in [1.29, 1.82) is 0 Å². The number of thiophene rings is 1. The van der Waals surface area contributed by atoms with Crippen LogP contribution in [0.2, 0.25) is 10.0 Å². The molecule has 0 saturated carbocycles. The maximum Gasteiger partial charge on any atom is 0.234 e. The topological polar surface area (TPSA) is 32.3 Å². The summed E-state index contributed by atoms with van der Waals surface area (Å²) in [5.41, 5.74) is 0.919. The van der Waals surface area contributed by atoms with Crippen LogP contribution in [0.15, 0.2) is 35.7 Å². The first-order valence-corrected chi connectivity index (χ1v) is 8.60. The van der Waals surface area contributed by atoms with E-state index >= 15 is 0 Å². The smallest absolute Gasteiger partial charge is 0.234 e. The monoisotopic (exact) mass is 356 g/mol. The third-order valence-corrected chi connectivity index (χ3v) is 4.95. The van der Waals surface area contributed by atoms with Crippen molar-refractivity contribution in [2.75, 3.05) is 20.1 Å². The van der Waals surface area contributed by atoms with Gasteiger partial charge in [-0.2, -0.15) is 0 Å². The van der Waals surface area contributed by atoms with E-state index in [0.717, 1.165) is 12.0 Å². The van der Waals surface area contributed by atoms with Crippen molar-refractivity contribution in [3.63, 3.8) is 0 Å². The number of nitrogens with one attached hydrogen (secondary N) is 1. The summed E-state index contributed by atoms with van der Waals surface area (Å²) in [4.78, 5) is 15.1. The van der Waals surface area contributed by atoms with Crippen LogP contribution in [0, 0.1) is 0 Å². The average Bonchev–Trinajstić information content (AvgIpc) is 2.97. The minimum absolute atomic E-state index is 0.0113. The highest BCUT2D eigenvalue weighted by Gasteiger charge is 2.10. The molecule has 1 aromatic heterocycles. The Hall–Kier alpha value is -1.07. The lowest BCUT2D eigenvalue weighted by Gasteiger charge is -2.17. The van der Waals surface area contributed by atoms with Crippen molar-refractivity contribution < 1.29 is 4.79 Å². The molecule has 0 bridgehead atoms. The van der Waals surface area contributed by atoms with E-state index in [0.29, 0.717) is 29.7 Å². The van der Waals surface area contributed by atoms with E-state index < -0.39 is 0 Å². The molecule has 2 rings (SSSR count). The van der Waals surface area contributed by atoms with Crippen molar-refractivity contribution in [3.05, 3.63) is 56.2 Å². The molecular formula is C16H18Cl2N2OS. The molecule has 1 heterocycles. The molecule has 1 amide bonds. The Morgan fingerprint density at radius 3 is 2.82 bits per heavy atom. The van der Waals surface area contributed by atoms with Gasteiger partial charge in [0.15, 0.2) is 0 Å². The second-order valence-electron chi connectivity index (χ2n) is 5.06. The molecule has 22 heavy (non-hydrogen) atoms. The maximum absolute atomic E-state index is 11.9. The van der Waals surface area contributed by atoms with E-state index in [4.69, 9.17) is 23.2 Å². The molecule has 0 radical (unpaired) electrons. The number of nitrogens with zero attached hydrogens (tertiary/aromatic N) is 1. The van der Waals surface area contributed by atoms with Crippen LogP contribution in [0.1, 0.15) is 10.4 Å². The van der Waals surface area contributed by atoms with Gasteiger partial charge in [0.05, 0.1) is 16.6 Å². The lowest BCUT2D eigenvalue weighted by Crippen LogP contribution is -2.35. The van der Waals surface area contributed by atoms with E-state index in [-0.39, 0.29) is 5.91 Å². The minimum Gasteiger partial charge on any atom is -0.355 e. The summed E-state index contributed by atoms with van der Waals surface area (Å²) >= 11 is 13.9. The van der Waals surface area contributed by atoms with Crippen LogP contribution in [0.4, 0.5) is 0 Å². The van der Waals surface area contributed by atoms with Gasteiger partial charge in [0.1, 0.15) is 0 Å². The Morgan fingerprint density at radius 2 is 2.09 bits per heavy atom. The average molecular weight is 357 g/mol. The van der Waals surface area contributed by atoms with E-state index in [9.17, 15) is 4.79 Å². The molecule has 0 fully saturated rings. The fourth-order valence-corrected chi connectivity index (χ4v) is 3.19. The Bertz CT molecular complexity index is 617. The van der Waals surface area contributed by atoms with Gasteiger partial charge >= 0.3 is 0 Å². The van der Waals surface area contributed by atoms with Crippen LogP contribution < -0.4 is 5.32 Å². The summed E-state index contributed by atoms with van der Waals surface area (Å²) in [7, 11) is 1.89. The summed E-state index contributed by atoms with van der Waals surface area (Å²) in [6.07, 6.45) is 0.868. The summed E-state index contributed by atoms with van der Waals surface area (Å²) in [6, 6.07) is 9.62. The van der Waals surface area contributed by atoms with Gasteiger partial charge in [-0.1, -0.05) is 41.4 Å². The zero-order chi connectivity index (χ0) is 15.9. The van der Waals surface area contributed by atoms with Crippen LogP contribution in [-0.2, 0) is 17.8 Å². The molecule has 0 aliphatic carbocycles. The maximum atomic E-state index is 11.9. The van der Waals surface area contributed by atoms with Crippen LogP contribution in [-0.4, -0.2) is 30.9 Å². The molecule has 118 valence electrons. The summed E-state index contributed by atoms with van der Waals surface area (Å²) in [5, 5.41) is 6.06. The SMILES string of the molecule is CN(CC(=O)NCCc1cccs1)Cc1cccc(Cl)c1Cl. The molecule has 0 aliphatic rings. The van der Waals surface area contributed by atoms with Crippen molar-refractivity contribution in [3.8, 4) is 0 Å². The third kappa shape index (κ3) is 5.29. The summed E-state index contributed by atoms with van der Waals surface area (Å²) in [6.45, 7) is 1.57. The standard InChI is InChI=1S/C16H18Cl2N2OS/c1-20(10-12-4-2-6-14(17)16(12)18)11-15(21)19-8-7-13-5-3-9-22-13/h2-6,9H,7-8,10-11H2,1H3,(H,19,21). The molecule has 0 atom stereocenters. The predicted octanol–water partition coefficient (Wildman–Crippen LogP) is 3.85. The van der Waals surface area contributed by atoms with Crippen LogP contribution in [0.5, 0.6) is 0 Å². The molecular weight excluding hydrogens is 339 g/mol. The first kappa shape index (κ1) is 17.3. The minimum atomic E-state index is 0.0113. The molecule has 0 spiro atoms. The van der Waals surface area contributed by atoms with Crippen molar-refractivity contribution >= 4 is 40.4 Å². The molecule has 3 nitrogen and oxygen atoms in total. The number of hydrogen-bond donors (Lipinski definition) is 1. The van der Waals surface area contributed by atoms with Crippen LogP contribution in [0.3, 0.4) is 0 Å². The van der Waals surface area contributed by atoms with Gasteiger partial charge in [-0.05, 0) is 36.5 Å². The first-order chi connectivity index (χ1) is 10.6. The Kier molecular flexibility index (Phi) is 6.70. The van der Waals surface area contributed by atoms with E-state index in [1.54, 1.807) is 17.4 Å².